The monoisotopic (exact) mass is 381 g/mol. The molecule has 0 fully saturated rings. The molecular weight excluding hydrogens is 358 g/mol. The molecule has 2 heterocycles. The molecule has 140 valence electrons. The van der Waals surface area contributed by atoms with Crippen LogP contribution in [0, 0.1) is 0 Å². The van der Waals surface area contributed by atoms with Crippen molar-refractivity contribution in [2.24, 2.45) is 5.73 Å². The van der Waals surface area contributed by atoms with E-state index in [1.807, 2.05) is 54.5 Å². The molecule has 2 aromatic heterocycles. The van der Waals surface area contributed by atoms with Crippen molar-refractivity contribution in [2.45, 2.75) is 19.9 Å². The van der Waals surface area contributed by atoms with Crippen molar-refractivity contribution >= 4 is 28.9 Å². The van der Waals surface area contributed by atoms with Gasteiger partial charge in [-0.15, -0.1) is 0 Å². The highest BCUT2D eigenvalue weighted by molar-refractivity contribution is 7.08. The number of likely N-dealkylation sites (N-methyl/N-ethyl adjacent to an activating group) is 1. The Morgan fingerprint density at radius 1 is 1.11 bits per heavy atom. The number of anilines is 2. The lowest BCUT2D eigenvalue weighted by atomic mass is 10.0. The van der Waals surface area contributed by atoms with Crippen molar-refractivity contribution in [3.05, 3.63) is 59.0 Å². The number of primary amides is 1. The number of thiophene rings is 1. The molecule has 0 aliphatic rings. The van der Waals surface area contributed by atoms with Gasteiger partial charge in [-0.25, -0.2) is 9.97 Å². The van der Waals surface area contributed by atoms with Gasteiger partial charge in [0.05, 0.1) is 0 Å². The molecule has 1 unspecified atom stereocenters. The third kappa shape index (κ3) is 4.50. The number of benzene rings is 1. The van der Waals surface area contributed by atoms with Gasteiger partial charge in [-0.1, -0.05) is 26.0 Å². The van der Waals surface area contributed by atoms with Gasteiger partial charge in [0, 0.05) is 23.6 Å². The topological polar surface area (TPSA) is 84.1 Å². The van der Waals surface area contributed by atoms with Gasteiger partial charge in [0.2, 0.25) is 11.9 Å². The van der Waals surface area contributed by atoms with Crippen LogP contribution >= 0.6 is 11.3 Å². The number of nitrogens with zero attached hydrogens (tertiary/aromatic N) is 3. The van der Waals surface area contributed by atoms with Crippen LogP contribution < -0.4 is 11.1 Å². The highest BCUT2D eigenvalue weighted by Crippen LogP contribution is 2.24. The Morgan fingerprint density at radius 2 is 1.78 bits per heavy atom. The maximum Gasteiger partial charge on any atom is 0.239 e. The fourth-order valence-electron chi connectivity index (χ4n) is 2.99. The minimum Gasteiger partial charge on any atom is -0.368 e. The van der Waals surface area contributed by atoms with Crippen LogP contribution in [0.2, 0.25) is 0 Å². The van der Waals surface area contributed by atoms with Crippen molar-refractivity contribution in [3.8, 4) is 11.1 Å². The molecule has 27 heavy (non-hydrogen) atoms. The first-order chi connectivity index (χ1) is 13.1. The summed E-state index contributed by atoms with van der Waals surface area (Å²) in [5, 5.41) is 7.27. The first kappa shape index (κ1) is 19.0. The maximum absolute atomic E-state index is 11.9. The Morgan fingerprint density at radius 3 is 2.30 bits per heavy atom. The summed E-state index contributed by atoms with van der Waals surface area (Å²) in [4.78, 5) is 22.7. The molecule has 0 bridgehead atoms. The van der Waals surface area contributed by atoms with E-state index in [9.17, 15) is 4.79 Å². The van der Waals surface area contributed by atoms with Crippen molar-refractivity contribution in [1.29, 1.82) is 0 Å². The highest BCUT2D eigenvalue weighted by Gasteiger charge is 2.23. The third-order valence-electron chi connectivity index (χ3n) is 4.44. The van der Waals surface area contributed by atoms with E-state index in [0.717, 1.165) is 35.5 Å². The first-order valence-corrected chi connectivity index (χ1v) is 9.81. The number of amides is 1. The van der Waals surface area contributed by atoms with Crippen LogP contribution in [0.15, 0.2) is 53.5 Å². The summed E-state index contributed by atoms with van der Waals surface area (Å²) >= 11 is 1.64. The van der Waals surface area contributed by atoms with Gasteiger partial charge < -0.3 is 11.1 Å². The van der Waals surface area contributed by atoms with Gasteiger partial charge in [-0.2, -0.15) is 11.3 Å². The number of carbonyl (C=O) groups is 1. The minimum atomic E-state index is -0.421. The Balaban J connectivity index is 1.72. The van der Waals surface area contributed by atoms with Crippen LogP contribution in [0.3, 0.4) is 0 Å². The maximum atomic E-state index is 11.9. The minimum absolute atomic E-state index is 0.341. The third-order valence-corrected chi connectivity index (χ3v) is 5.12. The molecule has 0 aliphatic carbocycles. The molecular formula is C20H23N5OS. The lowest BCUT2D eigenvalue weighted by Crippen LogP contribution is -2.37. The zero-order valence-electron chi connectivity index (χ0n) is 15.4. The molecule has 1 amide bonds. The molecule has 1 atom stereocenters. The summed E-state index contributed by atoms with van der Waals surface area (Å²) in [6, 6.07) is 9.26. The SMILES string of the molecule is CCN(CC)C(C(N)=O)c1ccc(Nc2ncc(-c3ccsc3)cn2)cc1. The van der Waals surface area contributed by atoms with Crippen LogP contribution in [0.4, 0.5) is 11.6 Å². The van der Waals surface area contributed by atoms with Crippen LogP contribution in [0.1, 0.15) is 25.5 Å². The number of rotatable bonds is 8. The molecule has 0 saturated heterocycles. The molecule has 3 N–H and O–H groups in total. The second kappa shape index (κ2) is 8.75. The van der Waals surface area contributed by atoms with E-state index in [1.165, 1.54) is 0 Å². The van der Waals surface area contributed by atoms with E-state index >= 15 is 0 Å². The summed E-state index contributed by atoms with van der Waals surface area (Å²) in [6.07, 6.45) is 3.60. The summed E-state index contributed by atoms with van der Waals surface area (Å²) in [5.41, 5.74) is 9.46. The predicted molar refractivity (Wildman–Crippen MR) is 110 cm³/mol. The molecule has 0 radical (unpaired) electrons. The predicted octanol–water partition coefficient (Wildman–Crippen LogP) is 3.82. The number of nitrogens with one attached hydrogen (secondary N) is 1. The standard InChI is InChI=1S/C20H23N5OS/c1-3-25(4-2)18(19(21)26)14-5-7-17(8-6-14)24-20-22-11-16(12-23-20)15-9-10-27-13-15/h5-13,18H,3-4H2,1-2H3,(H2,21,26)(H,22,23,24). The number of carbonyl (C=O) groups excluding carboxylic acids is 1. The van der Waals surface area contributed by atoms with E-state index in [-0.39, 0.29) is 5.91 Å². The second-order valence-corrected chi connectivity index (χ2v) is 6.86. The summed E-state index contributed by atoms with van der Waals surface area (Å²) in [5.74, 6) is 0.184. The lowest BCUT2D eigenvalue weighted by molar-refractivity contribution is -0.123. The van der Waals surface area contributed by atoms with E-state index in [1.54, 1.807) is 23.7 Å². The number of hydrogen-bond donors (Lipinski definition) is 2. The van der Waals surface area contributed by atoms with Gasteiger partial charge in [0.15, 0.2) is 0 Å². The molecule has 6 nitrogen and oxygen atoms in total. The van der Waals surface area contributed by atoms with Gasteiger partial charge in [0.1, 0.15) is 6.04 Å². The van der Waals surface area contributed by atoms with Gasteiger partial charge in [0.25, 0.3) is 0 Å². The number of aromatic nitrogens is 2. The van der Waals surface area contributed by atoms with Crippen molar-refractivity contribution in [2.75, 3.05) is 18.4 Å². The summed E-state index contributed by atoms with van der Waals surface area (Å²) in [6.45, 7) is 5.56. The fourth-order valence-corrected chi connectivity index (χ4v) is 3.66. The summed E-state index contributed by atoms with van der Waals surface area (Å²) in [7, 11) is 0. The molecule has 0 spiro atoms. The fraction of sp³-hybridized carbons (Fsp3) is 0.250. The molecule has 0 saturated carbocycles. The Labute approximate surface area is 163 Å². The van der Waals surface area contributed by atoms with Crippen molar-refractivity contribution in [1.82, 2.24) is 14.9 Å². The number of nitrogens with two attached hydrogens (primary N) is 1. The molecule has 7 heteroatoms. The zero-order chi connectivity index (χ0) is 19.2. The van der Waals surface area contributed by atoms with E-state index in [2.05, 4.69) is 20.7 Å². The quantitative estimate of drug-likeness (QED) is 0.620. The van der Waals surface area contributed by atoms with Crippen molar-refractivity contribution < 1.29 is 4.79 Å². The van der Waals surface area contributed by atoms with Crippen LogP contribution in [-0.2, 0) is 4.79 Å². The van der Waals surface area contributed by atoms with Crippen molar-refractivity contribution in [3.63, 3.8) is 0 Å². The van der Waals surface area contributed by atoms with Gasteiger partial charge >= 0.3 is 0 Å². The van der Waals surface area contributed by atoms with E-state index in [4.69, 9.17) is 5.73 Å². The van der Waals surface area contributed by atoms with Crippen LogP contribution in [0.5, 0.6) is 0 Å². The van der Waals surface area contributed by atoms with Gasteiger partial charge in [-0.05, 0) is 53.2 Å². The second-order valence-electron chi connectivity index (χ2n) is 6.08. The van der Waals surface area contributed by atoms with E-state index < -0.39 is 6.04 Å². The largest absolute Gasteiger partial charge is 0.368 e. The first-order valence-electron chi connectivity index (χ1n) is 8.87. The molecule has 3 aromatic rings. The average Bonchev–Trinajstić information content (AvgIpc) is 3.22. The van der Waals surface area contributed by atoms with E-state index in [0.29, 0.717) is 5.95 Å². The van der Waals surface area contributed by atoms with Crippen LogP contribution in [-0.4, -0.2) is 33.9 Å². The Hall–Kier alpha value is -2.77. The molecule has 3 rings (SSSR count). The molecule has 0 aliphatic heterocycles. The smallest absolute Gasteiger partial charge is 0.239 e. The Bertz CT molecular complexity index is 858. The van der Waals surface area contributed by atoms with Crippen LogP contribution in [0.25, 0.3) is 11.1 Å². The molecule has 1 aromatic carbocycles. The lowest BCUT2D eigenvalue weighted by Gasteiger charge is -2.27. The summed E-state index contributed by atoms with van der Waals surface area (Å²) < 4.78 is 0. The average molecular weight is 382 g/mol. The van der Waals surface area contributed by atoms with Gasteiger partial charge in [-0.3, -0.25) is 9.69 Å². The zero-order valence-corrected chi connectivity index (χ0v) is 16.2. The number of hydrogen-bond acceptors (Lipinski definition) is 6. The normalized spacial score (nSPS) is 12.1. The Kier molecular flexibility index (Phi) is 6.16. The highest BCUT2D eigenvalue weighted by atomic mass is 32.1.